The highest BCUT2D eigenvalue weighted by molar-refractivity contribution is 8.76. The van der Waals surface area contributed by atoms with Crippen LogP contribution in [0.15, 0.2) is 40.2 Å². The van der Waals surface area contributed by atoms with Crippen molar-refractivity contribution in [2.24, 2.45) is 16.5 Å². The van der Waals surface area contributed by atoms with Crippen molar-refractivity contribution in [3.05, 3.63) is 52.1 Å². The molecular formula is C44H57N17O20S2. The van der Waals surface area contributed by atoms with Gasteiger partial charge in [-0.25, -0.2) is 29.8 Å². The first-order chi connectivity index (χ1) is 39.3. The van der Waals surface area contributed by atoms with Gasteiger partial charge in [0.25, 0.3) is 11.5 Å². The summed E-state index contributed by atoms with van der Waals surface area (Å²) in [7, 11) is 1.85. The second-order valence-electron chi connectivity index (χ2n) is 16.9. The molecule has 21 N–H and O–H groups in total. The Bertz CT molecular complexity index is 2970. The maximum absolute atomic E-state index is 13.8. The second kappa shape index (κ2) is 34.1. The third kappa shape index (κ3) is 24.9. The fraction of sp³-hybridized carbons (Fsp3) is 0.409. The third-order valence-electron chi connectivity index (χ3n) is 10.6. The van der Waals surface area contributed by atoms with Crippen LogP contribution in [0, 0.1) is 0 Å². The van der Waals surface area contributed by atoms with E-state index in [0.29, 0.717) is 11.4 Å². The summed E-state index contributed by atoms with van der Waals surface area (Å²) < 4.78 is 4.74. The number of hydrazine groups is 1. The summed E-state index contributed by atoms with van der Waals surface area (Å²) >= 11 is 0. The van der Waals surface area contributed by atoms with E-state index in [-0.39, 0.29) is 66.7 Å². The average molecular weight is 1210 g/mol. The molecule has 83 heavy (non-hydrogen) atoms. The van der Waals surface area contributed by atoms with Crippen LogP contribution in [-0.4, -0.2) is 190 Å². The minimum absolute atomic E-state index is 0.0160. The highest BCUT2D eigenvalue weighted by Crippen LogP contribution is 2.22. The summed E-state index contributed by atoms with van der Waals surface area (Å²) in [5.74, 6) is -16.7. The van der Waals surface area contributed by atoms with Gasteiger partial charge in [0, 0.05) is 35.7 Å². The van der Waals surface area contributed by atoms with E-state index >= 15 is 0 Å². The molecule has 37 nitrogen and oxygen atoms in total. The number of fused-ring (bicyclic) bond motifs is 1. The molecule has 0 saturated carbocycles. The number of benzene rings is 1. The maximum atomic E-state index is 13.8. The topological polar surface area (TPSA) is 603 Å². The number of carboxylic acid groups (broad SMARTS) is 5. The zero-order chi connectivity index (χ0) is 61.8. The first-order valence-corrected chi connectivity index (χ1v) is 26.4. The molecule has 0 radical (unpaired) electrons. The van der Waals surface area contributed by atoms with Crippen LogP contribution in [0.5, 0.6) is 0 Å². The first kappa shape index (κ1) is 67.2. The number of nitrogens with two attached hydrogens (primary N) is 3. The number of hydrogen-bond donors (Lipinski definition) is 18. The Labute approximate surface area is 474 Å². The molecule has 0 aliphatic carbocycles. The van der Waals surface area contributed by atoms with Gasteiger partial charge in [-0.15, -0.1) is 0 Å². The molecule has 0 saturated heterocycles. The van der Waals surface area contributed by atoms with Gasteiger partial charge in [-0.2, -0.15) is 4.98 Å². The summed E-state index contributed by atoms with van der Waals surface area (Å²) in [6.07, 6.45) is -4.96. The van der Waals surface area contributed by atoms with Gasteiger partial charge in [-0.1, -0.05) is 21.6 Å². The summed E-state index contributed by atoms with van der Waals surface area (Å²) in [4.78, 5) is 192. The van der Waals surface area contributed by atoms with Crippen LogP contribution in [0.2, 0.25) is 0 Å². The predicted octanol–water partition coefficient (Wildman–Crippen LogP) is -5.37. The highest BCUT2D eigenvalue weighted by atomic mass is 33.1. The number of aromatic amines is 1. The normalized spacial score (nSPS) is 12.8. The quantitative estimate of drug-likeness (QED) is 0.00640. The Kier molecular flexibility index (Phi) is 27.6. The van der Waals surface area contributed by atoms with E-state index in [2.05, 4.69) is 51.5 Å². The minimum atomic E-state index is -2.16. The molecule has 2 heterocycles. The fourth-order valence-electron chi connectivity index (χ4n) is 6.69. The van der Waals surface area contributed by atoms with E-state index < -0.39 is 158 Å². The molecule has 2 aromatic heterocycles. The van der Waals surface area contributed by atoms with Crippen molar-refractivity contribution >= 4 is 128 Å². The van der Waals surface area contributed by atoms with E-state index in [1.165, 1.54) is 30.5 Å². The lowest BCUT2D eigenvalue weighted by atomic mass is 10.1. The van der Waals surface area contributed by atoms with Crippen LogP contribution >= 0.6 is 21.6 Å². The van der Waals surface area contributed by atoms with E-state index in [1.54, 1.807) is 0 Å². The Morgan fingerprint density at radius 3 is 1.81 bits per heavy atom. The van der Waals surface area contributed by atoms with Crippen molar-refractivity contribution in [1.82, 2.24) is 62.7 Å². The van der Waals surface area contributed by atoms with Gasteiger partial charge >= 0.3 is 35.9 Å². The number of amides is 8. The number of nitrogens with zero attached hydrogens (tertiary/aromatic N) is 4. The van der Waals surface area contributed by atoms with Gasteiger partial charge in [-0.05, 0) is 43.5 Å². The molecule has 0 bridgehead atoms. The third-order valence-corrected chi connectivity index (χ3v) is 12.9. The van der Waals surface area contributed by atoms with Gasteiger partial charge in [0.2, 0.25) is 41.9 Å². The number of hydrogen-bond acceptors (Lipinski definition) is 23. The molecule has 0 aliphatic heterocycles. The molecule has 1 aromatic carbocycles. The van der Waals surface area contributed by atoms with Crippen LogP contribution in [-0.2, 0) is 64.0 Å². The Balaban J connectivity index is 1.69. The van der Waals surface area contributed by atoms with Gasteiger partial charge in [0.1, 0.15) is 42.9 Å². The number of rotatable bonds is 37. The SMILES string of the molecule is NC(N)=NCCC[C@H](NC(=O)[C@H](CC(=O)O)NC(=O)CC[C@H](NC(=O)c1ccc(NCc2cnc3nc(N)[nH]c(=O)c3n2)cc1)C(=O)O)C(=O)N[C@@H](CC(=O)O)C(=O)N[C@@H](CC(=O)O)C(=O)N[C@@H](CSSCCOC(=O)NNC=O)C(=O)O. The van der Waals surface area contributed by atoms with E-state index in [4.69, 9.17) is 21.9 Å². The Morgan fingerprint density at radius 2 is 1.25 bits per heavy atom. The Hall–Kier alpha value is -10.1. The zero-order valence-corrected chi connectivity index (χ0v) is 44.7. The number of nitrogens with one attached hydrogen (secondary N) is 10. The number of carbonyl (C=O) groups is 13. The number of aromatic nitrogens is 4. The predicted molar refractivity (Wildman–Crippen MR) is 287 cm³/mol. The second-order valence-corrected chi connectivity index (χ2v) is 19.5. The highest BCUT2D eigenvalue weighted by Gasteiger charge is 2.35. The summed E-state index contributed by atoms with van der Waals surface area (Å²) in [6, 6.07) is -5.88. The lowest BCUT2D eigenvalue weighted by Gasteiger charge is -2.26. The van der Waals surface area contributed by atoms with Crippen LogP contribution in [0.4, 0.5) is 16.4 Å². The largest absolute Gasteiger partial charge is 0.481 e. The molecule has 450 valence electrons. The molecule has 6 atom stereocenters. The Morgan fingerprint density at radius 1 is 0.699 bits per heavy atom. The number of nitrogen functional groups attached to an aromatic ring is 1. The number of anilines is 2. The molecule has 3 rings (SSSR count). The number of carbonyl (C=O) groups excluding carboxylic acids is 8. The number of ether oxygens (including phenoxy) is 1. The zero-order valence-electron chi connectivity index (χ0n) is 43.1. The van der Waals surface area contributed by atoms with Gasteiger partial charge in [0.15, 0.2) is 17.1 Å². The lowest BCUT2D eigenvalue weighted by molar-refractivity contribution is -0.144. The van der Waals surface area contributed by atoms with Crippen molar-refractivity contribution < 1.29 is 92.6 Å². The standard InChI is InChI=1S/C44H57N17O20S2/c45-42(46)48-9-1-2-22(35(71)56-25(13-30(66)67)37(73)57-26(14-31(68)69)38(74)58-27(41(78)79)17-83-82-11-10-81-44(80)61-51-18-62)54-36(72)24(12-29(64)65)53-28(63)8-7-23(40(76)77)55-34(70)19-3-5-20(6-4-19)49-15-21-16-50-33-32(52-21)39(75)60-43(47)59-33/h3-6,16,18,22-27,49H,1-2,7-15,17H2,(H,51,62)(H,53,63)(H,54,72)(H,55,70)(H,56,71)(H,57,73)(H,58,74)(H,61,80)(H,64,65)(H,66,67)(H,68,69)(H,76,77)(H,78,79)(H4,45,46,48)(H3,47,50,59,60,75)/t22-,23-,24-,25-,26-,27-/m0/s1. The molecule has 8 amide bonds. The number of carboxylic acids is 5. The number of aliphatic carboxylic acids is 5. The van der Waals surface area contributed by atoms with Crippen molar-refractivity contribution in [2.45, 2.75) is 87.7 Å². The van der Waals surface area contributed by atoms with Crippen molar-refractivity contribution in [3.8, 4) is 0 Å². The van der Waals surface area contributed by atoms with E-state index in [0.717, 1.165) is 21.6 Å². The van der Waals surface area contributed by atoms with Crippen LogP contribution < -0.4 is 70.8 Å². The molecule has 3 aromatic rings. The van der Waals surface area contributed by atoms with Crippen molar-refractivity contribution in [2.75, 3.05) is 35.7 Å². The van der Waals surface area contributed by atoms with Crippen LogP contribution in [0.25, 0.3) is 11.2 Å². The van der Waals surface area contributed by atoms with E-state index in [9.17, 15) is 92.7 Å². The minimum Gasteiger partial charge on any atom is -0.481 e. The molecular weight excluding hydrogens is 1150 g/mol. The van der Waals surface area contributed by atoms with E-state index in [1.807, 2.05) is 21.5 Å². The smallest absolute Gasteiger partial charge is 0.426 e. The number of H-pyrrole nitrogens is 1. The lowest BCUT2D eigenvalue weighted by Crippen LogP contribution is -2.59. The average Bonchev–Trinajstić information content (AvgIpc) is 3.63. The van der Waals surface area contributed by atoms with Crippen LogP contribution in [0.3, 0.4) is 0 Å². The molecule has 39 heteroatoms. The monoisotopic (exact) mass is 1210 g/mol. The van der Waals surface area contributed by atoms with Gasteiger partial charge in [-0.3, -0.25) is 68.1 Å². The first-order valence-electron chi connectivity index (χ1n) is 24.0. The van der Waals surface area contributed by atoms with Crippen molar-refractivity contribution in [1.29, 1.82) is 0 Å². The van der Waals surface area contributed by atoms with Crippen LogP contribution in [0.1, 0.15) is 61.0 Å². The van der Waals surface area contributed by atoms with Gasteiger partial charge in [0.05, 0.1) is 37.7 Å². The molecule has 0 fully saturated rings. The molecule has 0 spiro atoms. The van der Waals surface area contributed by atoms with Gasteiger partial charge < -0.3 is 84.7 Å². The molecule has 0 aliphatic rings. The number of guanidine groups is 1. The fourth-order valence-corrected chi connectivity index (χ4v) is 8.67. The summed E-state index contributed by atoms with van der Waals surface area (Å²) in [6.45, 7) is -0.326. The summed E-state index contributed by atoms with van der Waals surface area (Å²) in [5, 5.41) is 64.1. The molecule has 0 unspecified atom stereocenters. The summed E-state index contributed by atoms with van der Waals surface area (Å²) in [5.41, 5.74) is 20.2. The maximum Gasteiger partial charge on any atom is 0.426 e. The number of aliphatic imine (C=N–C) groups is 1. The van der Waals surface area contributed by atoms with Crippen molar-refractivity contribution in [3.63, 3.8) is 0 Å².